The molecule has 0 amide bonds. The summed E-state index contributed by atoms with van der Waals surface area (Å²) in [6.45, 7) is 5.90. The maximum atomic E-state index is 12.2. The SMILES string of the molecule is CC=N/C(=C\C=C\C/C(C=O)=C(\CCCC)N/C(CC)=N/c1ncc(OC)cn1)c1ccccc1-c1noc(=O)[nH]1. The smallest absolute Gasteiger partial charge is 0.439 e. The number of carbonyl (C=O) groups is 1. The molecule has 0 fully saturated rings. The Morgan fingerprint density at radius 3 is 2.61 bits per heavy atom. The molecule has 0 radical (unpaired) electrons. The molecule has 11 heteroatoms. The minimum Gasteiger partial charge on any atom is -0.494 e. The number of H-pyrrole nitrogens is 1. The molecule has 3 rings (SSSR count). The summed E-state index contributed by atoms with van der Waals surface area (Å²) < 4.78 is 9.79. The summed E-state index contributed by atoms with van der Waals surface area (Å²) in [5.74, 6) is 1.20. The predicted molar refractivity (Wildman–Crippen MR) is 160 cm³/mol. The average molecular weight is 558 g/mol. The van der Waals surface area contributed by atoms with E-state index in [9.17, 15) is 9.59 Å². The largest absolute Gasteiger partial charge is 0.494 e. The lowest BCUT2D eigenvalue weighted by Crippen LogP contribution is -2.24. The Morgan fingerprint density at radius 1 is 1.20 bits per heavy atom. The van der Waals surface area contributed by atoms with Gasteiger partial charge in [0.25, 0.3) is 5.95 Å². The minimum atomic E-state index is -0.632. The summed E-state index contributed by atoms with van der Waals surface area (Å²) in [5, 5.41) is 7.17. The standard InChI is InChI=1S/C30H35N7O4/c1-5-8-16-25(34-27(6-2)35-29-32-18-22(40-4)19-33-29)21(20-38)13-9-12-17-26(31-7-3)23-14-10-11-15-24(23)28-36-30(39)41-37-28/h7,9-12,14-15,17-20H,5-6,8,13,16H2,1-4H3,(H,36,37,39)(H,32,33,34,35)/b12-9+,25-21-,26-17-,31-7?. The number of allylic oxidation sites excluding steroid dienone is 5. The number of aliphatic imine (C=N–C) groups is 2. The van der Waals surface area contributed by atoms with Crippen molar-refractivity contribution in [1.82, 2.24) is 25.4 Å². The lowest BCUT2D eigenvalue weighted by atomic mass is 10.0. The number of unbranched alkanes of at least 4 members (excludes halogenated alkanes) is 1. The lowest BCUT2D eigenvalue weighted by Gasteiger charge is -2.14. The highest BCUT2D eigenvalue weighted by atomic mass is 16.5. The quantitative estimate of drug-likeness (QED) is 0.0858. The molecule has 0 spiro atoms. The number of ether oxygens (including phenoxy) is 1. The molecular formula is C30H35N7O4. The molecule has 11 nitrogen and oxygen atoms in total. The second-order valence-corrected chi connectivity index (χ2v) is 8.75. The van der Waals surface area contributed by atoms with E-state index in [1.54, 1.807) is 25.7 Å². The fourth-order valence-corrected chi connectivity index (χ4v) is 3.82. The molecular weight excluding hydrogens is 522 g/mol. The normalized spacial score (nSPS) is 13.1. The summed E-state index contributed by atoms with van der Waals surface area (Å²) in [6, 6.07) is 7.43. The fraction of sp³-hybridized carbons (Fsp3) is 0.300. The van der Waals surface area contributed by atoms with E-state index in [-0.39, 0.29) is 0 Å². The van der Waals surface area contributed by atoms with Crippen LogP contribution in [0.3, 0.4) is 0 Å². The molecule has 2 N–H and O–H groups in total. The first kappa shape index (κ1) is 30.6. The molecule has 2 aromatic heterocycles. The predicted octanol–water partition coefficient (Wildman–Crippen LogP) is 5.58. The highest BCUT2D eigenvalue weighted by molar-refractivity contribution is 5.87. The van der Waals surface area contributed by atoms with Gasteiger partial charge in [0.05, 0.1) is 25.2 Å². The number of nitrogens with one attached hydrogen (secondary N) is 2. The Labute approximate surface area is 238 Å². The molecule has 41 heavy (non-hydrogen) atoms. The first-order valence-corrected chi connectivity index (χ1v) is 13.4. The van der Waals surface area contributed by atoms with E-state index in [1.165, 1.54) is 0 Å². The topological polar surface area (TPSA) is 148 Å². The number of rotatable bonds is 14. The number of benzene rings is 1. The van der Waals surface area contributed by atoms with Crippen LogP contribution in [-0.4, -0.2) is 45.6 Å². The third-order valence-electron chi connectivity index (χ3n) is 5.92. The van der Waals surface area contributed by atoms with E-state index < -0.39 is 5.76 Å². The molecule has 0 bridgehead atoms. The van der Waals surface area contributed by atoms with Crippen LogP contribution in [0.15, 0.2) is 85.5 Å². The molecule has 0 aliphatic heterocycles. The molecule has 0 saturated heterocycles. The van der Waals surface area contributed by atoms with Gasteiger partial charge in [-0.15, -0.1) is 0 Å². The third-order valence-corrected chi connectivity index (χ3v) is 5.92. The van der Waals surface area contributed by atoms with Gasteiger partial charge >= 0.3 is 5.76 Å². The van der Waals surface area contributed by atoms with Gasteiger partial charge in [-0.2, -0.15) is 4.99 Å². The van der Waals surface area contributed by atoms with Gasteiger partial charge in [-0.1, -0.05) is 61.8 Å². The van der Waals surface area contributed by atoms with Gasteiger partial charge in [0.2, 0.25) is 0 Å². The zero-order valence-corrected chi connectivity index (χ0v) is 23.8. The van der Waals surface area contributed by atoms with Crippen LogP contribution in [0.25, 0.3) is 17.1 Å². The average Bonchev–Trinajstić information content (AvgIpc) is 3.44. The van der Waals surface area contributed by atoms with E-state index >= 15 is 0 Å². The molecule has 3 aromatic rings. The summed E-state index contributed by atoms with van der Waals surface area (Å²) in [7, 11) is 1.55. The van der Waals surface area contributed by atoms with Gasteiger partial charge in [0.15, 0.2) is 11.6 Å². The van der Waals surface area contributed by atoms with Crippen LogP contribution in [0.1, 0.15) is 58.4 Å². The van der Waals surface area contributed by atoms with Crippen molar-refractivity contribution >= 4 is 30.0 Å². The maximum Gasteiger partial charge on any atom is 0.439 e. The van der Waals surface area contributed by atoms with Crippen LogP contribution in [0.5, 0.6) is 5.75 Å². The minimum absolute atomic E-state index is 0.307. The van der Waals surface area contributed by atoms with Gasteiger partial charge in [-0.25, -0.2) is 14.8 Å². The zero-order chi connectivity index (χ0) is 29.5. The number of aldehydes is 1. The lowest BCUT2D eigenvalue weighted by molar-refractivity contribution is -0.105. The van der Waals surface area contributed by atoms with Gasteiger partial charge in [0, 0.05) is 35.0 Å². The molecule has 1 aromatic carbocycles. The van der Waals surface area contributed by atoms with Gasteiger partial charge < -0.3 is 10.1 Å². The summed E-state index contributed by atoms with van der Waals surface area (Å²) in [4.78, 5) is 43.7. The van der Waals surface area contributed by atoms with E-state index in [0.717, 1.165) is 30.4 Å². The Balaban J connectivity index is 1.87. The number of aromatic nitrogens is 4. The van der Waals surface area contributed by atoms with Crippen molar-refractivity contribution in [2.75, 3.05) is 7.11 Å². The maximum absolute atomic E-state index is 12.2. The molecule has 0 atom stereocenters. The number of hydrogen-bond acceptors (Lipinski definition) is 9. The van der Waals surface area contributed by atoms with Crippen LogP contribution in [0, 0.1) is 0 Å². The zero-order valence-electron chi connectivity index (χ0n) is 23.8. The van der Waals surface area contributed by atoms with Crippen molar-refractivity contribution < 1.29 is 14.1 Å². The third kappa shape index (κ3) is 9.06. The van der Waals surface area contributed by atoms with Crippen molar-refractivity contribution in [3.05, 3.63) is 82.3 Å². The first-order valence-electron chi connectivity index (χ1n) is 13.4. The number of aromatic amines is 1. The van der Waals surface area contributed by atoms with E-state index in [1.807, 2.05) is 56.3 Å². The van der Waals surface area contributed by atoms with Gasteiger partial charge in [0.1, 0.15) is 12.1 Å². The second kappa shape index (κ2) is 16.2. The summed E-state index contributed by atoms with van der Waals surface area (Å²) >= 11 is 0. The molecule has 214 valence electrons. The Bertz CT molecular complexity index is 1500. The van der Waals surface area contributed by atoms with Crippen LogP contribution in [-0.2, 0) is 4.79 Å². The van der Waals surface area contributed by atoms with Crippen molar-refractivity contribution in [1.29, 1.82) is 0 Å². The highest BCUT2D eigenvalue weighted by Crippen LogP contribution is 2.27. The van der Waals surface area contributed by atoms with Crippen molar-refractivity contribution in [3.8, 4) is 17.1 Å². The summed E-state index contributed by atoms with van der Waals surface area (Å²) in [6.07, 6.45) is 14.9. The molecule has 0 aliphatic carbocycles. The van der Waals surface area contributed by atoms with Crippen LogP contribution in [0.4, 0.5) is 5.95 Å². The molecule has 0 saturated carbocycles. The van der Waals surface area contributed by atoms with E-state index in [0.29, 0.717) is 59.5 Å². The first-order chi connectivity index (χ1) is 20.0. The fourth-order valence-electron chi connectivity index (χ4n) is 3.82. The number of carbonyl (C=O) groups excluding carboxylic acids is 1. The van der Waals surface area contributed by atoms with Gasteiger partial charge in [-0.05, 0) is 32.3 Å². The van der Waals surface area contributed by atoms with Crippen molar-refractivity contribution in [3.63, 3.8) is 0 Å². The van der Waals surface area contributed by atoms with Crippen LogP contribution >= 0.6 is 0 Å². The van der Waals surface area contributed by atoms with Crippen molar-refractivity contribution in [2.24, 2.45) is 9.98 Å². The number of methoxy groups -OCH3 is 1. The highest BCUT2D eigenvalue weighted by Gasteiger charge is 2.12. The monoisotopic (exact) mass is 557 g/mol. The van der Waals surface area contributed by atoms with Gasteiger partial charge in [-0.3, -0.25) is 19.3 Å². The molecule has 0 aliphatic rings. The summed E-state index contributed by atoms with van der Waals surface area (Å²) in [5.41, 5.74) is 3.54. The second-order valence-electron chi connectivity index (χ2n) is 8.75. The Hall–Kier alpha value is -4.93. The Morgan fingerprint density at radius 2 is 1.98 bits per heavy atom. The van der Waals surface area contributed by atoms with Crippen LogP contribution < -0.4 is 15.8 Å². The molecule has 2 heterocycles. The number of nitrogens with zero attached hydrogens (tertiary/aromatic N) is 5. The number of amidine groups is 1. The van der Waals surface area contributed by atoms with E-state index in [4.69, 9.17) is 4.74 Å². The van der Waals surface area contributed by atoms with Crippen molar-refractivity contribution in [2.45, 2.75) is 52.9 Å². The molecule has 0 unspecified atom stereocenters. The van der Waals surface area contributed by atoms with E-state index in [2.05, 4.69) is 46.9 Å². The van der Waals surface area contributed by atoms with Crippen LogP contribution in [0.2, 0.25) is 0 Å². The Kier molecular flexibility index (Phi) is 12.1. The number of hydrogen-bond donors (Lipinski definition) is 2.